The summed E-state index contributed by atoms with van der Waals surface area (Å²) in [5, 5.41) is 24.8. The second kappa shape index (κ2) is 12.8. The number of nitrogens with one attached hydrogen (secondary N) is 1. The number of alkyl carbamates (subject to hydrolysis) is 1. The number of benzene rings is 2. The van der Waals surface area contributed by atoms with Crippen LogP contribution in [0, 0.1) is 0 Å². The van der Waals surface area contributed by atoms with Crippen molar-refractivity contribution in [3.63, 3.8) is 0 Å². The molecule has 0 atom stereocenters. The number of hydrogen-bond donors (Lipinski definition) is 3. The van der Waals surface area contributed by atoms with E-state index in [-0.39, 0.29) is 13.2 Å². The van der Waals surface area contributed by atoms with E-state index >= 15 is 0 Å². The molecule has 0 unspecified atom stereocenters. The molecule has 2 rings (SSSR count). The Bertz CT molecular complexity index is 870. The Balaban J connectivity index is 2.10. The van der Waals surface area contributed by atoms with Crippen LogP contribution in [0.15, 0.2) is 36.4 Å². The van der Waals surface area contributed by atoms with Crippen LogP contribution in [0.25, 0.3) is 10.8 Å². The predicted molar refractivity (Wildman–Crippen MR) is 133 cm³/mol. The van der Waals surface area contributed by atoms with Crippen LogP contribution in [0.4, 0.5) is 4.79 Å². The van der Waals surface area contributed by atoms with E-state index in [9.17, 15) is 15.0 Å². The second-order valence-electron chi connectivity index (χ2n) is 9.75. The highest BCUT2D eigenvalue weighted by Gasteiger charge is 2.32. The van der Waals surface area contributed by atoms with Crippen LogP contribution < -0.4 is 10.1 Å². The molecule has 184 valence electrons. The van der Waals surface area contributed by atoms with Gasteiger partial charge in [0.2, 0.25) is 0 Å². The fourth-order valence-corrected chi connectivity index (χ4v) is 3.81. The third-order valence-corrected chi connectivity index (χ3v) is 5.72. The lowest BCUT2D eigenvalue weighted by molar-refractivity contribution is 0.0276. The molecular weight excluding hydrogens is 418 g/mol. The van der Waals surface area contributed by atoms with Gasteiger partial charge in [-0.1, -0.05) is 62.9 Å². The van der Waals surface area contributed by atoms with Crippen LogP contribution in [-0.2, 0) is 11.2 Å². The highest BCUT2D eigenvalue weighted by Crippen LogP contribution is 2.30. The van der Waals surface area contributed by atoms with Crippen molar-refractivity contribution in [2.75, 3.05) is 19.8 Å². The molecule has 0 aromatic heterocycles. The number of carbonyl (C=O) groups is 1. The molecule has 0 aliphatic heterocycles. The van der Waals surface area contributed by atoms with Crippen molar-refractivity contribution in [2.45, 2.75) is 83.8 Å². The molecule has 6 nitrogen and oxygen atoms in total. The van der Waals surface area contributed by atoms with Crippen LogP contribution in [0.5, 0.6) is 5.75 Å². The van der Waals surface area contributed by atoms with Gasteiger partial charge in [0.15, 0.2) is 0 Å². The number of carbonyl (C=O) groups excluding carboxylic acids is 1. The SMILES string of the molecule is CCCCCCCOc1ccc(CCC(CO)(CO)NC(=O)OC(C)(C)C)c2ccccc12. The summed E-state index contributed by atoms with van der Waals surface area (Å²) >= 11 is 0. The minimum atomic E-state index is -1.17. The third-order valence-electron chi connectivity index (χ3n) is 5.72. The van der Waals surface area contributed by atoms with Crippen molar-refractivity contribution in [1.82, 2.24) is 5.32 Å². The molecule has 0 bridgehead atoms. The van der Waals surface area contributed by atoms with Crippen LogP contribution in [0.2, 0.25) is 0 Å². The van der Waals surface area contributed by atoms with Crippen LogP contribution >= 0.6 is 0 Å². The topological polar surface area (TPSA) is 88.0 Å². The van der Waals surface area contributed by atoms with Crippen molar-refractivity contribution < 1.29 is 24.5 Å². The van der Waals surface area contributed by atoms with E-state index in [1.807, 2.05) is 24.3 Å². The first-order valence-corrected chi connectivity index (χ1v) is 12.1. The monoisotopic (exact) mass is 459 g/mol. The second-order valence-corrected chi connectivity index (χ2v) is 9.75. The number of aliphatic hydroxyl groups excluding tert-OH is 2. The maximum atomic E-state index is 12.3. The Morgan fingerprint density at radius 3 is 2.24 bits per heavy atom. The molecule has 3 N–H and O–H groups in total. The minimum absolute atomic E-state index is 0.362. The summed E-state index contributed by atoms with van der Waals surface area (Å²) in [6.45, 7) is 7.45. The first-order valence-electron chi connectivity index (χ1n) is 12.1. The summed E-state index contributed by atoms with van der Waals surface area (Å²) in [6, 6.07) is 12.1. The van der Waals surface area contributed by atoms with Crippen molar-refractivity contribution in [3.8, 4) is 5.75 Å². The Kier molecular flexibility index (Phi) is 10.5. The summed E-state index contributed by atoms with van der Waals surface area (Å²) in [5.41, 5.74) is -0.766. The van der Waals surface area contributed by atoms with E-state index in [0.29, 0.717) is 19.4 Å². The molecule has 0 heterocycles. The fourth-order valence-electron chi connectivity index (χ4n) is 3.81. The Morgan fingerprint density at radius 1 is 0.939 bits per heavy atom. The Hall–Kier alpha value is -2.31. The summed E-state index contributed by atoms with van der Waals surface area (Å²) in [5.74, 6) is 0.868. The van der Waals surface area contributed by atoms with E-state index in [2.05, 4.69) is 24.4 Å². The van der Waals surface area contributed by atoms with Gasteiger partial charge in [-0.25, -0.2) is 4.79 Å². The summed E-state index contributed by atoms with van der Waals surface area (Å²) < 4.78 is 11.4. The smallest absolute Gasteiger partial charge is 0.408 e. The molecule has 2 aromatic rings. The van der Waals surface area contributed by atoms with Crippen LogP contribution in [0.3, 0.4) is 0 Å². The maximum absolute atomic E-state index is 12.3. The van der Waals surface area contributed by atoms with Gasteiger partial charge in [-0.15, -0.1) is 0 Å². The number of hydrogen-bond acceptors (Lipinski definition) is 5. The largest absolute Gasteiger partial charge is 0.493 e. The standard InChI is InChI=1S/C27H41NO5/c1-5-6-7-8-11-18-32-24-15-14-21(22-12-9-10-13-23(22)24)16-17-27(19-29,20-30)28-25(31)33-26(2,3)4/h9-10,12-15,29-30H,5-8,11,16-20H2,1-4H3,(H,28,31). The zero-order valence-corrected chi connectivity index (χ0v) is 20.7. The summed E-state index contributed by atoms with van der Waals surface area (Å²) in [7, 11) is 0. The van der Waals surface area contributed by atoms with Gasteiger partial charge in [0, 0.05) is 5.39 Å². The van der Waals surface area contributed by atoms with Crippen LogP contribution in [-0.4, -0.2) is 47.3 Å². The molecule has 1 amide bonds. The molecule has 0 saturated carbocycles. The normalized spacial score (nSPS) is 12.1. The van der Waals surface area contributed by atoms with Gasteiger partial charge < -0.3 is 25.0 Å². The van der Waals surface area contributed by atoms with E-state index in [1.54, 1.807) is 20.8 Å². The number of aliphatic hydroxyl groups is 2. The number of aryl methyl sites for hydroxylation is 1. The third kappa shape index (κ3) is 8.52. The van der Waals surface area contributed by atoms with E-state index < -0.39 is 17.2 Å². The number of amides is 1. The zero-order valence-electron chi connectivity index (χ0n) is 20.7. The van der Waals surface area contributed by atoms with Crippen molar-refractivity contribution in [1.29, 1.82) is 0 Å². The molecular formula is C27H41NO5. The molecule has 0 fully saturated rings. The Morgan fingerprint density at radius 2 is 1.61 bits per heavy atom. The van der Waals surface area contributed by atoms with Crippen molar-refractivity contribution >= 4 is 16.9 Å². The van der Waals surface area contributed by atoms with E-state index in [4.69, 9.17) is 9.47 Å². The molecule has 0 saturated heterocycles. The van der Waals surface area contributed by atoms with Gasteiger partial charge in [-0.2, -0.15) is 0 Å². The average Bonchev–Trinajstić information content (AvgIpc) is 2.78. The van der Waals surface area contributed by atoms with Crippen molar-refractivity contribution in [2.24, 2.45) is 0 Å². The average molecular weight is 460 g/mol. The quantitative estimate of drug-likeness (QED) is 0.351. The lowest BCUT2D eigenvalue weighted by atomic mass is 9.90. The van der Waals surface area contributed by atoms with E-state index in [0.717, 1.165) is 28.5 Å². The van der Waals surface area contributed by atoms with Gasteiger partial charge in [0.25, 0.3) is 0 Å². The van der Waals surface area contributed by atoms with Gasteiger partial charge in [0.1, 0.15) is 11.4 Å². The lowest BCUT2D eigenvalue weighted by Gasteiger charge is -2.32. The number of ether oxygens (including phenoxy) is 2. The molecule has 0 aliphatic rings. The van der Waals surface area contributed by atoms with Crippen LogP contribution in [0.1, 0.15) is 71.8 Å². The predicted octanol–water partition coefficient (Wildman–Crippen LogP) is 5.37. The fraction of sp³-hybridized carbons (Fsp3) is 0.593. The van der Waals surface area contributed by atoms with Crippen molar-refractivity contribution in [3.05, 3.63) is 42.0 Å². The Labute approximate surface area is 198 Å². The lowest BCUT2D eigenvalue weighted by Crippen LogP contribution is -2.55. The molecule has 33 heavy (non-hydrogen) atoms. The minimum Gasteiger partial charge on any atom is -0.493 e. The van der Waals surface area contributed by atoms with E-state index in [1.165, 1.54) is 25.7 Å². The van der Waals surface area contributed by atoms with Gasteiger partial charge in [0.05, 0.1) is 25.4 Å². The number of fused-ring (bicyclic) bond motifs is 1. The summed E-state index contributed by atoms with van der Waals surface area (Å²) in [4.78, 5) is 12.3. The first-order chi connectivity index (χ1) is 15.7. The molecule has 0 aliphatic carbocycles. The van der Waals surface area contributed by atoms with Gasteiger partial charge in [-0.3, -0.25) is 0 Å². The first kappa shape index (κ1) is 26.9. The molecule has 0 radical (unpaired) electrons. The molecule has 6 heteroatoms. The molecule has 0 spiro atoms. The highest BCUT2D eigenvalue weighted by molar-refractivity contribution is 5.91. The molecule has 2 aromatic carbocycles. The maximum Gasteiger partial charge on any atom is 0.408 e. The zero-order chi connectivity index (χ0) is 24.3. The van der Waals surface area contributed by atoms with Gasteiger partial charge >= 0.3 is 6.09 Å². The summed E-state index contributed by atoms with van der Waals surface area (Å²) in [6.07, 6.45) is 6.24. The van der Waals surface area contributed by atoms with Gasteiger partial charge in [-0.05, 0) is 57.0 Å². The number of unbranched alkanes of at least 4 members (excludes halogenated alkanes) is 4. The highest BCUT2D eigenvalue weighted by atomic mass is 16.6. The number of rotatable bonds is 13.